The van der Waals surface area contributed by atoms with Crippen molar-refractivity contribution in [3.63, 3.8) is 0 Å². The first kappa shape index (κ1) is 93.3. The number of rotatable bonds is 14. The first-order valence-electron chi connectivity index (χ1n) is 40.2. The summed E-state index contributed by atoms with van der Waals surface area (Å²) in [4.78, 5) is 44.8. The van der Waals surface area contributed by atoms with Gasteiger partial charge in [-0.1, -0.05) is 223 Å². The number of pyridine rings is 3. The van der Waals surface area contributed by atoms with Crippen LogP contribution in [0.5, 0.6) is 0 Å². The van der Waals surface area contributed by atoms with Crippen LogP contribution in [0.3, 0.4) is 0 Å². The number of carbonyl (C=O) groups excluding carboxylic acids is 3. The summed E-state index contributed by atoms with van der Waals surface area (Å²) < 4.78 is 37.3. The van der Waals surface area contributed by atoms with Gasteiger partial charge < -0.3 is 41.8 Å². The van der Waals surface area contributed by atoms with E-state index < -0.39 is 0 Å². The van der Waals surface area contributed by atoms with Gasteiger partial charge >= 0.3 is 0 Å². The molecule has 0 amide bonds. The molecule has 633 valence electrons. The predicted molar refractivity (Wildman–Crippen MR) is 485 cm³/mol. The third-order valence-electron chi connectivity index (χ3n) is 20.2. The summed E-state index contributed by atoms with van der Waals surface area (Å²) in [6.45, 7) is 30.8. The van der Waals surface area contributed by atoms with Gasteiger partial charge in [0.15, 0.2) is 34.1 Å². The fraction of sp³-hybridized carbons (Fsp3) is 0.200. The second-order valence-corrected chi connectivity index (χ2v) is 31.4. The Hall–Kier alpha value is -12.0. The summed E-state index contributed by atoms with van der Waals surface area (Å²) in [5, 5.41) is 31.6. The monoisotopic (exact) mass is 2170 g/mol. The molecule has 18 heteroatoms. The maximum atomic E-state index is 10.0. The van der Waals surface area contributed by atoms with Crippen LogP contribution in [0.15, 0.2) is 286 Å². The minimum atomic E-state index is -0.125. The van der Waals surface area contributed by atoms with Crippen molar-refractivity contribution in [3.05, 3.63) is 306 Å². The van der Waals surface area contributed by atoms with Crippen LogP contribution in [0, 0.1) is 18.2 Å². The number of para-hydroxylation sites is 3. The number of carbonyl (C=O) groups is 3. The van der Waals surface area contributed by atoms with Crippen LogP contribution in [-0.4, -0.2) is 47.6 Å². The van der Waals surface area contributed by atoms with Gasteiger partial charge in [0.1, 0.15) is 34.0 Å². The average Bonchev–Trinajstić information content (AvgIpc) is 1.63. The van der Waals surface area contributed by atoms with Crippen molar-refractivity contribution in [1.29, 1.82) is 0 Å². The van der Waals surface area contributed by atoms with Crippen LogP contribution >= 0.6 is 0 Å². The van der Waals surface area contributed by atoms with E-state index in [-0.39, 0.29) is 94.9 Å². The SMILES string of the molecule is CC(=O)C=C(C)O.CC(=O)C=C(C)O.CC(=O)C=C(C)O.CC(C)c1cc(-c2cc3nc(-c4[c-]ccc5c4oc4ccccc45)ccc3o2)cc(C(C)C)c1.CC(C)c1ccc(-c2cc3nc(-c4[c-]ccc5c4oc4ccccc45)ccc3o2)cc1.CC(C)c1cccc(C(C)C)c1-c1cc2nc(-c3[c-]ccc4c3oc3ccccc34)ccc2o1.[Ir].[Ir].[Ir]. The molecular formula is C105H96Ir3N3O12-3. The molecule has 0 spiro atoms. The molecule has 9 heterocycles. The van der Waals surface area contributed by atoms with Crippen LogP contribution in [0.1, 0.15) is 168 Å². The molecule has 0 bridgehead atoms. The maximum absolute atomic E-state index is 10.0. The van der Waals surface area contributed by atoms with E-state index in [2.05, 4.69) is 178 Å². The third kappa shape index (κ3) is 21.9. The second-order valence-electron chi connectivity index (χ2n) is 31.4. The number of fused-ring (bicyclic) bond motifs is 12. The molecule has 3 N–H and O–H groups in total. The molecule has 0 aliphatic heterocycles. The molecule has 9 aromatic heterocycles. The fourth-order valence-electron chi connectivity index (χ4n) is 14.5. The summed E-state index contributed by atoms with van der Waals surface area (Å²) in [7, 11) is 0. The van der Waals surface area contributed by atoms with E-state index >= 15 is 0 Å². The predicted octanol–water partition coefficient (Wildman–Crippen LogP) is 29.3. The number of aliphatic hydroxyl groups excluding tert-OH is 3. The Labute approximate surface area is 756 Å². The Morgan fingerprint density at radius 2 is 0.626 bits per heavy atom. The molecule has 18 aromatic rings. The minimum absolute atomic E-state index is 0. The number of ketones is 3. The fourth-order valence-corrected chi connectivity index (χ4v) is 14.5. The zero-order valence-corrected chi connectivity index (χ0v) is 78.5. The van der Waals surface area contributed by atoms with Crippen molar-refractivity contribution < 1.29 is 117 Å². The maximum Gasteiger partial charge on any atom is 0.155 e. The van der Waals surface area contributed by atoms with Crippen LogP contribution in [-0.2, 0) is 74.7 Å². The van der Waals surface area contributed by atoms with E-state index in [0.29, 0.717) is 29.6 Å². The number of hydrogen-bond donors (Lipinski definition) is 3. The number of nitrogens with zero attached hydrogens (tertiary/aromatic N) is 3. The smallest absolute Gasteiger partial charge is 0.155 e. The molecule has 18 rings (SSSR count). The zero-order valence-electron chi connectivity index (χ0n) is 71.3. The molecule has 0 aliphatic rings. The molecule has 0 aliphatic carbocycles. The average molecular weight is 2170 g/mol. The molecule has 9 aromatic carbocycles. The molecule has 3 radical (unpaired) electrons. The summed E-state index contributed by atoms with van der Waals surface area (Å²) in [5.41, 5.74) is 24.8. The van der Waals surface area contributed by atoms with E-state index in [1.807, 2.05) is 133 Å². The topological polar surface area (TPSA) is 229 Å². The molecule has 0 atom stereocenters. The number of benzene rings is 9. The van der Waals surface area contributed by atoms with Crippen LogP contribution in [0.25, 0.3) is 167 Å². The van der Waals surface area contributed by atoms with Crippen molar-refractivity contribution in [3.8, 4) is 67.7 Å². The first-order chi connectivity index (χ1) is 57.5. The Balaban J connectivity index is 0.000000171. The van der Waals surface area contributed by atoms with Gasteiger partial charge in [-0.25, -0.2) is 0 Å². The molecular weight excluding hydrogens is 2070 g/mol. The van der Waals surface area contributed by atoms with Crippen LogP contribution < -0.4 is 0 Å². The quantitative estimate of drug-likeness (QED) is 0.0522. The van der Waals surface area contributed by atoms with Crippen LogP contribution in [0.2, 0.25) is 0 Å². The molecule has 15 nitrogen and oxygen atoms in total. The van der Waals surface area contributed by atoms with Gasteiger partial charge in [-0.2, -0.15) is 0 Å². The van der Waals surface area contributed by atoms with Gasteiger partial charge in [-0.15, -0.1) is 54.6 Å². The van der Waals surface area contributed by atoms with Crippen LogP contribution in [0.4, 0.5) is 0 Å². The van der Waals surface area contributed by atoms with Crippen molar-refractivity contribution in [2.75, 3.05) is 0 Å². The van der Waals surface area contributed by atoms with Crippen molar-refractivity contribution in [2.45, 2.75) is 140 Å². The van der Waals surface area contributed by atoms with Gasteiger partial charge in [-0.05, 0) is 165 Å². The molecule has 0 unspecified atom stereocenters. The number of aromatic nitrogens is 3. The van der Waals surface area contributed by atoms with E-state index in [0.717, 1.165) is 161 Å². The van der Waals surface area contributed by atoms with E-state index in [1.165, 1.54) is 93.2 Å². The van der Waals surface area contributed by atoms with E-state index in [1.54, 1.807) is 0 Å². The normalized spacial score (nSPS) is 11.6. The van der Waals surface area contributed by atoms with Gasteiger partial charge in [0, 0.05) is 130 Å². The van der Waals surface area contributed by atoms with Crippen molar-refractivity contribution >= 4 is 116 Å². The largest absolute Gasteiger partial charge is 0.512 e. The Bertz CT molecular complexity index is 6790. The Morgan fingerprint density at radius 3 is 0.935 bits per heavy atom. The van der Waals surface area contributed by atoms with Gasteiger partial charge in [0.25, 0.3) is 0 Å². The molecule has 123 heavy (non-hydrogen) atoms. The Kier molecular flexibility index (Phi) is 31.3. The zero-order chi connectivity index (χ0) is 85.3. The number of allylic oxidation sites excluding steroid dienone is 6. The second kappa shape index (κ2) is 41.3. The Morgan fingerprint density at radius 1 is 0.309 bits per heavy atom. The van der Waals surface area contributed by atoms with Gasteiger partial charge in [0.05, 0.1) is 50.6 Å². The van der Waals surface area contributed by atoms with Crippen molar-refractivity contribution in [1.82, 2.24) is 15.0 Å². The molecule has 0 saturated heterocycles. The van der Waals surface area contributed by atoms with Gasteiger partial charge in [0.2, 0.25) is 0 Å². The summed E-state index contributed by atoms with van der Waals surface area (Å²) >= 11 is 0. The molecule has 0 fully saturated rings. The third-order valence-corrected chi connectivity index (χ3v) is 20.2. The van der Waals surface area contributed by atoms with E-state index in [9.17, 15) is 14.4 Å². The minimum Gasteiger partial charge on any atom is -0.512 e. The number of hydrogen-bond acceptors (Lipinski definition) is 15. The van der Waals surface area contributed by atoms with Crippen molar-refractivity contribution in [2.24, 2.45) is 0 Å². The molecule has 0 saturated carbocycles. The van der Waals surface area contributed by atoms with E-state index in [4.69, 9.17) is 56.8 Å². The standard InChI is InChI=1S/2C31H26NO2.C28H20NO2.3C5H8O2.3Ir/c1-18(2)20-10-7-11-21(19(3)4)30(20)29-17-26-28(33-29)16-15-25(32-26)24-13-8-12-23-22-9-5-6-14-27(22)34-31(23)24;1-18(2)20-14-21(19(3)4)16-22(15-20)30-17-27-29(33-30)13-12-26(32-27)25-10-7-9-24-23-8-5-6-11-28(23)34-31(24)25;1-17(2)18-10-12-19(13-11-18)27-16-24-26(30-27)15-14-23(29-24)22-8-5-7-21-20-6-3-4-9-25(20)31-28(21)22;3*1-4(6)3-5(2)7;;;/h5-12,14-19H,1-4H3;5-9,11-19H,1-4H3;3-7,9-17H,1-2H3;3*3,6H,1-2H3;;;/q3*-1;;;;;;. The number of aliphatic hydroxyl groups is 3. The summed E-state index contributed by atoms with van der Waals surface area (Å²) in [5.74, 6) is 4.54. The summed E-state index contributed by atoms with van der Waals surface area (Å²) in [6, 6.07) is 86.2. The summed E-state index contributed by atoms with van der Waals surface area (Å²) in [6.07, 6.45) is 3.50. The first-order valence-corrected chi connectivity index (χ1v) is 40.2. The number of furan rings is 6. The van der Waals surface area contributed by atoms with Gasteiger partial charge in [-0.3, -0.25) is 29.3 Å².